The van der Waals surface area contributed by atoms with Crippen molar-refractivity contribution in [2.75, 3.05) is 11.9 Å². The Morgan fingerprint density at radius 3 is 2.94 bits per heavy atom. The third-order valence-corrected chi connectivity index (χ3v) is 3.10. The van der Waals surface area contributed by atoms with Crippen LogP contribution < -0.4 is 5.32 Å². The van der Waals surface area contributed by atoms with Crippen LogP contribution in [-0.2, 0) is 4.74 Å². The molecule has 1 aliphatic rings. The van der Waals surface area contributed by atoms with Crippen LogP contribution in [0.4, 0.5) is 5.95 Å². The zero-order valence-electron chi connectivity index (χ0n) is 10.3. The summed E-state index contributed by atoms with van der Waals surface area (Å²) in [7, 11) is 0. The monoisotopic (exact) mass is 223 g/mol. The summed E-state index contributed by atoms with van der Waals surface area (Å²) in [5.41, 5.74) is 0. The van der Waals surface area contributed by atoms with Gasteiger partial charge in [0.2, 0.25) is 5.95 Å². The highest BCUT2D eigenvalue weighted by Gasteiger charge is 2.23. The molecule has 1 N–H and O–H groups in total. The van der Waals surface area contributed by atoms with Gasteiger partial charge in [0.15, 0.2) is 0 Å². The standard InChI is InChI=1S/C12H21N3O/c1-9(2)15-7-6-13-12(15)14-10(3)11-5-4-8-16-11/h6-7,9-11H,4-5,8H2,1-3H3,(H,13,14). The molecule has 0 amide bonds. The van der Waals surface area contributed by atoms with Gasteiger partial charge in [0.1, 0.15) is 0 Å². The molecule has 4 nitrogen and oxygen atoms in total. The number of rotatable bonds is 4. The molecule has 2 atom stereocenters. The van der Waals surface area contributed by atoms with E-state index in [1.165, 1.54) is 6.42 Å². The van der Waals surface area contributed by atoms with Crippen LogP contribution in [0.5, 0.6) is 0 Å². The molecule has 0 aromatic carbocycles. The lowest BCUT2D eigenvalue weighted by Gasteiger charge is -2.22. The van der Waals surface area contributed by atoms with E-state index in [1.807, 2.05) is 12.4 Å². The number of aromatic nitrogens is 2. The molecular weight excluding hydrogens is 202 g/mol. The van der Waals surface area contributed by atoms with Gasteiger partial charge < -0.3 is 14.6 Å². The third kappa shape index (κ3) is 2.38. The molecule has 2 rings (SSSR count). The second-order valence-corrected chi connectivity index (χ2v) is 4.74. The molecule has 0 aliphatic carbocycles. The Bertz CT molecular complexity index is 329. The lowest BCUT2D eigenvalue weighted by molar-refractivity contribution is 0.0993. The zero-order chi connectivity index (χ0) is 11.5. The molecule has 1 aromatic heterocycles. The predicted molar refractivity (Wildman–Crippen MR) is 64.7 cm³/mol. The van der Waals surface area contributed by atoms with E-state index >= 15 is 0 Å². The SMILES string of the molecule is CC(Nc1nccn1C(C)C)C1CCCO1. The molecule has 1 aliphatic heterocycles. The first kappa shape index (κ1) is 11.5. The van der Waals surface area contributed by atoms with Crippen LogP contribution in [0, 0.1) is 0 Å². The number of nitrogens with one attached hydrogen (secondary N) is 1. The van der Waals surface area contributed by atoms with Gasteiger partial charge in [-0.2, -0.15) is 0 Å². The van der Waals surface area contributed by atoms with Gasteiger partial charge in [-0.15, -0.1) is 0 Å². The highest BCUT2D eigenvalue weighted by Crippen LogP contribution is 2.19. The number of hydrogen-bond acceptors (Lipinski definition) is 3. The van der Waals surface area contributed by atoms with Gasteiger partial charge in [-0.05, 0) is 33.6 Å². The summed E-state index contributed by atoms with van der Waals surface area (Å²) in [5.74, 6) is 0.943. The number of nitrogens with zero attached hydrogens (tertiary/aromatic N) is 2. The smallest absolute Gasteiger partial charge is 0.203 e. The van der Waals surface area contributed by atoms with E-state index in [9.17, 15) is 0 Å². The molecule has 0 bridgehead atoms. The lowest BCUT2D eigenvalue weighted by atomic mass is 10.1. The minimum Gasteiger partial charge on any atom is -0.376 e. The van der Waals surface area contributed by atoms with Gasteiger partial charge in [-0.3, -0.25) is 0 Å². The van der Waals surface area contributed by atoms with Crippen molar-refractivity contribution < 1.29 is 4.74 Å². The molecule has 1 fully saturated rings. The van der Waals surface area contributed by atoms with Crippen LogP contribution >= 0.6 is 0 Å². The Morgan fingerprint density at radius 1 is 1.50 bits per heavy atom. The quantitative estimate of drug-likeness (QED) is 0.852. The second kappa shape index (κ2) is 4.87. The molecule has 1 saturated heterocycles. The summed E-state index contributed by atoms with van der Waals surface area (Å²) < 4.78 is 7.81. The summed E-state index contributed by atoms with van der Waals surface area (Å²) >= 11 is 0. The van der Waals surface area contributed by atoms with Gasteiger partial charge in [-0.1, -0.05) is 0 Å². The van der Waals surface area contributed by atoms with Crippen LogP contribution in [-0.4, -0.2) is 28.3 Å². The van der Waals surface area contributed by atoms with Crippen molar-refractivity contribution in [1.82, 2.24) is 9.55 Å². The maximum absolute atomic E-state index is 5.66. The fourth-order valence-corrected chi connectivity index (χ4v) is 2.14. The van der Waals surface area contributed by atoms with Crippen molar-refractivity contribution in [2.45, 2.75) is 51.8 Å². The molecular formula is C12H21N3O. The van der Waals surface area contributed by atoms with Crippen LogP contribution in [0.25, 0.3) is 0 Å². The Hall–Kier alpha value is -1.03. The van der Waals surface area contributed by atoms with Gasteiger partial charge in [0.05, 0.1) is 12.1 Å². The Balaban J connectivity index is 1.99. The van der Waals surface area contributed by atoms with Crippen LogP contribution in [0.1, 0.15) is 39.7 Å². The first-order valence-electron chi connectivity index (χ1n) is 6.09. The minimum absolute atomic E-state index is 0.322. The molecule has 1 aromatic rings. The molecule has 16 heavy (non-hydrogen) atoms. The van der Waals surface area contributed by atoms with E-state index < -0.39 is 0 Å². The number of ether oxygens (including phenoxy) is 1. The van der Waals surface area contributed by atoms with E-state index in [0.29, 0.717) is 18.2 Å². The van der Waals surface area contributed by atoms with E-state index in [4.69, 9.17) is 4.74 Å². The summed E-state index contributed by atoms with van der Waals surface area (Å²) in [5, 5.41) is 3.44. The summed E-state index contributed by atoms with van der Waals surface area (Å²) in [6, 6.07) is 0.754. The highest BCUT2D eigenvalue weighted by atomic mass is 16.5. The molecule has 90 valence electrons. The normalized spacial score (nSPS) is 22.6. The van der Waals surface area contributed by atoms with Crippen LogP contribution in [0.2, 0.25) is 0 Å². The van der Waals surface area contributed by atoms with Gasteiger partial charge >= 0.3 is 0 Å². The minimum atomic E-state index is 0.322. The second-order valence-electron chi connectivity index (χ2n) is 4.74. The van der Waals surface area contributed by atoms with Crippen molar-refractivity contribution in [1.29, 1.82) is 0 Å². The highest BCUT2D eigenvalue weighted by molar-refractivity contribution is 5.28. The van der Waals surface area contributed by atoms with Crippen LogP contribution in [0.15, 0.2) is 12.4 Å². The van der Waals surface area contributed by atoms with E-state index in [1.54, 1.807) is 0 Å². The fourth-order valence-electron chi connectivity index (χ4n) is 2.14. The average molecular weight is 223 g/mol. The molecule has 0 saturated carbocycles. The first-order valence-corrected chi connectivity index (χ1v) is 6.09. The van der Waals surface area contributed by atoms with Gasteiger partial charge in [-0.25, -0.2) is 4.98 Å². The van der Waals surface area contributed by atoms with Crippen LogP contribution in [0.3, 0.4) is 0 Å². The third-order valence-electron chi connectivity index (χ3n) is 3.10. The van der Waals surface area contributed by atoms with Crippen molar-refractivity contribution in [3.8, 4) is 0 Å². The Kier molecular flexibility index (Phi) is 3.49. The molecule has 4 heteroatoms. The van der Waals surface area contributed by atoms with E-state index in [2.05, 4.69) is 35.6 Å². The van der Waals surface area contributed by atoms with Crippen molar-refractivity contribution in [2.24, 2.45) is 0 Å². The fraction of sp³-hybridized carbons (Fsp3) is 0.750. The average Bonchev–Trinajstić information content (AvgIpc) is 2.86. The predicted octanol–water partition coefficient (Wildman–Crippen LogP) is 2.44. The van der Waals surface area contributed by atoms with Gasteiger partial charge in [0, 0.05) is 25.0 Å². The molecule has 0 radical (unpaired) electrons. The Morgan fingerprint density at radius 2 is 2.31 bits per heavy atom. The molecule has 2 unspecified atom stereocenters. The zero-order valence-corrected chi connectivity index (χ0v) is 10.3. The summed E-state index contributed by atoms with van der Waals surface area (Å²) in [6.45, 7) is 7.37. The molecule has 2 heterocycles. The number of hydrogen-bond donors (Lipinski definition) is 1. The molecule has 0 spiro atoms. The summed E-state index contributed by atoms with van der Waals surface area (Å²) in [6.07, 6.45) is 6.50. The van der Waals surface area contributed by atoms with Crippen molar-refractivity contribution in [3.05, 3.63) is 12.4 Å². The van der Waals surface area contributed by atoms with Crippen molar-refractivity contribution in [3.63, 3.8) is 0 Å². The number of imidazole rings is 1. The van der Waals surface area contributed by atoms with E-state index in [0.717, 1.165) is 19.0 Å². The number of anilines is 1. The van der Waals surface area contributed by atoms with E-state index in [-0.39, 0.29) is 0 Å². The van der Waals surface area contributed by atoms with Gasteiger partial charge in [0.25, 0.3) is 0 Å². The maximum atomic E-state index is 5.66. The summed E-state index contributed by atoms with van der Waals surface area (Å²) in [4.78, 5) is 4.35. The first-order chi connectivity index (χ1) is 7.68. The topological polar surface area (TPSA) is 39.1 Å². The lowest BCUT2D eigenvalue weighted by Crippen LogP contribution is -2.31. The Labute approximate surface area is 97.0 Å². The largest absolute Gasteiger partial charge is 0.376 e. The van der Waals surface area contributed by atoms with Crippen molar-refractivity contribution >= 4 is 5.95 Å². The maximum Gasteiger partial charge on any atom is 0.203 e.